The van der Waals surface area contributed by atoms with Crippen molar-refractivity contribution in [2.45, 2.75) is 62.8 Å². The molecule has 7 nitrogen and oxygen atoms in total. The summed E-state index contributed by atoms with van der Waals surface area (Å²) in [5.74, 6) is -0.795. The lowest BCUT2D eigenvalue weighted by Crippen LogP contribution is -2.63. The first-order valence-electron chi connectivity index (χ1n) is 14.7. The average Bonchev–Trinajstić information content (AvgIpc) is 3.47. The van der Waals surface area contributed by atoms with Gasteiger partial charge in [0, 0.05) is 31.1 Å². The summed E-state index contributed by atoms with van der Waals surface area (Å²) in [7, 11) is 1.91. The van der Waals surface area contributed by atoms with Crippen LogP contribution in [0.3, 0.4) is 0 Å². The van der Waals surface area contributed by atoms with Gasteiger partial charge in [0.15, 0.2) is 5.83 Å². The van der Waals surface area contributed by atoms with E-state index in [1.807, 2.05) is 11.9 Å². The zero-order valence-electron chi connectivity index (χ0n) is 23.4. The number of fused-ring (bicyclic) bond motifs is 3. The quantitative estimate of drug-likeness (QED) is 0.402. The molecule has 4 aliphatic rings. The van der Waals surface area contributed by atoms with Crippen LogP contribution in [0.15, 0.2) is 48.8 Å². The molecule has 1 amide bonds. The Kier molecular flexibility index (Phi) is 6.64. The third kappa shape index (κ3) is 4.64. The van der Waals surface area contributed by atoms with Crippen molar-refractivity contribution in [1.29, 1.82) is 0 Å². The Bertz CT molecular complexity index is 1530. The minimum Gasteiger partial charge on any atom is -0.462 e. The second-order valence-electron chi connectivity index (χ2n) is 11.9. The van der Waals surface area contributed by atoms with Gasteiger partial charge < -0.3 is 14.5 Å². The fourth-order valence-electron chi connectivity index (χ4n) is 7.24. The maximum Gasteiger partial charge on any atom is 0.319 e. The molecule has 3 aliphatic heterocycles. The van der Waals surface area contributed by atoms with Crippen molar-refractivity contribution in [2.75, 3.05) is 38.2 Å². The van der Waals surface area contributed by atoms with E-state index in [4.69, 9.17) is 14.7 Å². The second kappa shape index (κ2) is 10.4. The third-order valence-electron chi connectivity index (χ3n) is 9.46. The maximum atomic E-state index is 14.0. The van der Waals surface area contributed by atoms with Crippen molar-refractivity contribution in [3.63, 3.8) is 0 Å². The highest BCUT2D eigenvalue weighted by Gasteiger charge is 2.50. The first-order valence-corrected chi connectivity index (χ1v) is 14.7. The Balaban J connectivity index is 1.24. The standard InChI is InChI=1S/C32H35F2N5O2/c1-19(33)31(40)38-13-12-28-29(38)17-39(28)30-26-11-10-21(25-9-5-7-20-6-3-4-8-24(20)25)14-27(26)35-32(36-30)41-18-23-15-22(34)16-37(23)2/h5,7,9-11,14,22-23,28-29H,1,3-4,6,8,12-13,15-18H2,2H3/t22-,23+,28-,29-/m1/s1. The number of aromatic nitrogens is 2. The van der Waals surface area contributed by atoms with Gasteiger partial charge in [-0.15, -0.1) is 0 Å². The number of amides is 1. The number of benzene rings is 2. The van der Waals surface area contributed by atoms with E-state index in [0.717, 1.165) is 41.5 Å². The first-order chi connectivity index (χ1) is 19.9. The van der Waals surface area contributed by atoms with Crippen LogP contribution < -0.4 is 9.64 Å². The Hall–Kier alpha value is -3.59. The van der Waals surface area contributed by atoms with E-state index in [1.54, 1.807) is 4.90 Å². The topological polar surface area (TPSA) is 61.8 Å². The predicted molar refractivity (Wildman–Crippen MR) is 155 cm³/mol. The van der Waals surface area contributed by atoms with Crippen LogP contribution in [0, 0.1) is 0 Å². The van der Waals surface area contributed by atoms with E-state index < -0.39 is 17.9 Å². The van der Waals surface area contributed by atoms with Gasteiger partial charge >= 0.3 is 6.01 Å². The predicted octanol–water partition coefficient (Wildman–Crippen LogP) is 4.87. The van der Waals surface area contributed by atoms with Gasteiger partial charge in [0.2, 0.25) is 0 Å². The number of aryl methyl sites for hydroxylation is 1. The Labute approximate surface area is 238 Å². The van der Waals surface area contributed by atoms with Crippen molar-refractivity contribution in [2.24, 2.45) is 0 Å². The fraction of sp³-hybridized carbons (Fsp3) is 0.469. The SMILES string of the molecule is C=C(F)C(=O)N1CC[C@@H]2[C@H]1CN2c1nc(OC[C@@H]2C[C@@H](F)CN2C)nc2cc(-c3cccc4c3CCCC4)ccc12. The van der Waals surface area contributed by atoms with Crippen LogP contribution in [0.25, 0.3) is 22.0 Å². The second-order valence-corrected chi connectivity index (χ2v) is 11.9. The molecule has 2 aromatic carbocycles. The molecule has 3 saturated heterocycles. The molecule has 0 bridgehead atoms. The number of hydrogen-bond donors (Lipinski definition) is 0. The van der Waals surface area contributed by atoms with Crippen LogP contribution in [0.2, 0.25) is 0 Å². The van der Waals surface area contributed by atoms with Crippen molar-refractivity contribution in [3.05, 3.63) is 59.9 Å². The lowest BCUT2D eigenvalue weighted by molar-refractivity contribution is -0.130. The lowest BCUT2D eigenvalue weighted by Gasteiger charge is -2.47. The van der Waals surface area contributed by atoms with E-state index in [1.165, 1.54) is 29.5 Å². The number of alkyl halides is 1. The smallest absolute Gasteiger partial charge is 0.319 e. The number of rotatable bonds is 6. The van der Waals surface area contributed by atoms with Crippen LogP contribution in [0.5, 0.6) is 6.01 Å². The van der Waals surface area contributed by atoms with E-state index in [2.05, 4.69) is 47.9 Å². The molecule has 0 unspecified atom stereocenters. The molecule has 0 saturated carbocycles. The number of halogens is 2. The summed E-state index contributed by atoms with van der Waals surface area (Å²) in [5.41, 5.74) is 5.99. The van der Waals surface area contributed by atoms with Crippen molar-refractivity contribution < 1.29 is 18.3 Å². The Morgan fingerprint density at radius 3 is 2.78 bits per heavy atom. The number of nitrogens with zero attached hydrogens (tertiary/aromatic N) is 5. The fourth-order valence-corrected chi connectivity index (χ4v) is 7.24. The number of hydrogen-bond acceptors (Lipinski definition) is 6. The summed E-state index contributed by atoms with van der Waals surface area (Å²) in [5, 5.41) is 0.908. The Morgan fingerprint density at radius 1 is 1.12 bits per heavy atom. The molecule has 7 rings (SSSR count). The Morgan fingerprint density at radius 2 is 1.98 bits per heavy atom. The van der Waals surface area contributed by atoms with Crippen LogP contribution in [0.4, 0.5) is 14.6 Å². The number of carbonyl (C=O) groups excluding carboxylic acids is 1. The maximum absolute atomic E-state index is 14.0. The van der Waals surface area contributed by atoms with Crippen LogP contribution in [-0.4, -0.2) is 83.3 Å². The molecule has 4 heterocycles. The van der Waals surface area contributed by atoms with E-state index >= 15 is 0 Å². The highest BCUT2D eigenvalue weighted by molar-refractivity contribution is 5.95. The first kappa shape index (κ1) is 26.3. The van der Waals surface area contributed by atoms with Crippen molar-refractivity contribution in [3.8, 4) is 17.1 Å². The molecule has 3 fully saturated rings. The number of likely N-dealkylation sites (tertiary alicyclic amines) is 2. The lowest BCUT2D eigenvalue weighted by atomic mass is 9.86. The monoisotopic (exact) mass is 559 g/mol. The van der Waals surface area contributed by atoms with Crippen LogP contribution in [0.1, 0.15) is 36.8 Å². The number of carbonyl (C=O) groups is 1. The summed E-state index contributed by atoms with van der Waals surface area (Å²) in [4.78, 5) is 27.8. The minimum atomic E-state index is -0.921. The number of ether oxygens (including phenoxy) is 1. The highest BCUT2D eigenvalue weighted by atomic mass is 19.1. The number of anilines is 1. The normalized spacial score (nSPS) is 25.6. The summed E-state index contributed by atoms with van der Waals surface area (Å²) < 4.78 is 33.7. The summed E-state index contributed by atoms with van der Waals surface area (Å²) in [6.07, 6.45) is 4.92. The van der Waals surface area contributed by atoms with Gasteiger partial charge in [-0.2, -0.15) is 9.97 Å². The van der Waals surface area contributed by atoms with E-state index in [-0.39, 0.29) is 24.1 Å². The molecule has 1 aromatic heterocycles. The molecular weight excluding hydrogens is 524 g/mol. The molecular formula is C32H35F2N5O2. The van der Waals surface area contributed by atoms with Gasteiger partial charge in [0.05, 0.1) is 17.6 Å². The molecule has 9 heteroatoms. The van der Waals surface area contributed by atoms with Crippen LogP contribution in [-0.2, 0) is 17.6 Å². The summed E-state index contributed by atoms with van der Waals surface area (Å²) >= 11 is 0. The molecule has 4 atom stereocenters. The molecule has 0 spiro atoms. The van der Waals surface area contributed by atoms with E-state index in [0.29, 0.717) is 32.7 Å². The molecule has 0 radical (unpaired) electrons. The van der Waals surface area contributed by atoms with E-state index in [9.17, 15) is 13.6 Å². The highest BCUT2D eigenvalue weighted by Crippen LogP contribution is 2.41. The molecule has 1 aliphatic carbocycles. The number of likely N-dealkylation sites (N-methyl/N-ethyl adjacent to an activating group) is 1. The van der Waals surface area contributed by atoms with Crippen molar-refractivity contribution >= 4 is 22.6 Å². The van der Waals surface area contributed by atoms with Gasteiger partial charge in [-0.25, -0.2) is 8.78 Å². The van der Waals surface area contributed by atoms with Gasteiger partial charge in [-0.3, -0.25) is 9.69 Å². The molecule has 41 heavy (non-hydrogen) atoms. The largest absolute Gasteiger partial charge is 0.462 e. The zero-order chi connectivity index (χ0) is 28.2. The van der Waals surface area contributed by atoms with Gasteiger partial charge in [-0.05, 0) is 80.0 Å². The van der Waals surface area contributed by atoms with Gasteiger partial charge in [0.25, 0.3) is 5.91 Å². The summed E-state index contributed by atoms with van der Waals surface area (Å²) in [6, 6.07) is 13.1. The molecule has 3 aromatic rings. The molecule has 0 N–H and O–H groups in total. The van der Waals surface area contributed by atoms with Crippen LogP contribution >= 0.6 is 0 Å². The summed E-state index contributed by atoms with van der Waals surface area (Å²) in [6.45, 7) is 4.95. The zero-order valence-corrected chi connectivity index (χ0v) is 23.4. The third-order valence-corrected chi connectivity index (χ3v) is 9.46. The van der Waals surface area contributed by atoms with Crippen molar-refractivity contribution in [1.82, 2.24) is 19.8 Å². The minimum absolute atomic E-state index is 0.0356. The average molecular weight is 560 g/mol. The van der Waals surface area contributed by atoms with Gasteiger partial charge in [0.1, 0.15) is 18.6 Å². The van der Waals surface area contributed by atoms with Gasteiger partial charge in [-0.1, -0.05) is 30.8 Å². The molecule has 214 valence electrons.